The minimum Gasteiger partial charge on any atom is -0.251 e. The maximum absolute atomic E-state index is 5.67. The van der Waals surface area contributed by atoms with Crippen molar-refractivity contribution in [3.05, 3.63) is 41.8 Å². The number of rotatable bonds is 2. The summed E-state index contributed by atoms with van der Waals surface area (Å²) in [7, 11) is 0. The summed E-state index contributed by atoms with van der Waals surface area (Å²) in [6, 6.07) is 8.19. The second-order valence-corrected chi connectivity index (χ2v) is 4.22. The summed E-state index contributed by atoms with van der Waals surface area (Å²) in [5.41, 5.74) is 1.89. The lowest BCUT2D eigenvalue weighted by atomic mass is 10.2. The van der Waals surface area contributed by atoms with E-state index in [9.17, 15) is 0 Å². The molecule has 0 saturated carbocycles. The van der Waals surface area contributed by atoms with Crippen LogP contribution in [0.1, 0.15) is 0 Å². The van der Waals surface area contributed by atoms with Crippen LogP contribution in [0.25, 0.3) is 11.3 Å². The van der Waals surface area contributed by atoms with Crippen molar-refractivity contribution < 1.29 is 0 Å². The largest absolute Gasteiger partial charge is 0.251 e. The molecule has 0 atom stereocenters. The molecule has 0 saturated heterocycles. The number of halogens is 1. The molecule has 0 aliphatic heterocycles. The molecule has 1 heterocycles. The Kier molecular flexibility index (Phi) is 3.23. The summed E-state index contributed by atoms with van der Waals surface area (Å²) in [6.07, 6.45) is 5.28. The molecule has 0 N–H and O–H groups in total. The highest BCUT2D eigenvalue weighted by Gasteiger charge is 1.99. The molecule has 0 bridgehead atoms. The topological polar surface area (TPSA) is 25.8 Å². The Balaban J connectivity index is 2.33. The quantitative estimate of drug-likeness (QED) is 0.747. The zero-order chi connectivity index (χ0) is 10.7. The number of hydrogen-bond donors (Lipinski definition) is 0. The number of aromatic nitrogens is 2. The van der Waals surface area contributed by atoms with Crippen LogP contribution in [0.4, 0.5) is 0 Å². The lowest BCUT2D eigenvalue weighted by Gasteiger charge is -2.01. The molecule has 2 rings (SSSR count). The van der Waals surface area contributed by atoms with Crippen LogP contribution in [0.5, 0.6) is 0 Å². The van der Waals surface area contributed by atoms with Crippen LogP contribution in [-0.2, 0) is 0 Å². The molecule has 0 aliphatic carbocycles. The average Bonchev–Trinajstić information content (AvgIpc) is 2.30. The fourth-order valence-electron chi connectivity index (χ4n) is 1.22. The molecular formula is C11H9ClN2S. The minimum absolute atomic E-state index is 0.416. The first-order valence-electron chi connectivity index (χ1n) is 4.41. The van der Waals surface area contributed by atoms with Gasteiger partial charge in [-0.05, 0) is 18.4 Å². The third kappa shape index (κ3) is 2.49. The molecule has 15 heavy (non-hydrogen) atoms. The Morgan fingerprint density at radius 1 is 1.07 bits per heavy atom. The van der Waals surface area contributed by atoms with Crippen LogP contribution in [0, 0.1) is 0 Å². The molecule has 1 aromatic carbocycles. The molecule has 2 aromatic rings. The second-order valence-electron chi connectivity index (χ2n) is 2.95. The van der Waals surface area contributed by atoms with Gasteiger partial charge in [-0.1, -0.05) is 23.7 Å². The van der Waals surface area contributed by atoms with Gasteiger partial charge in [0.05, 0.1) is 18.1 Å². The van der Waals surface area contributed by atoms with Crippen molar-refractivity contribution in [2.45, 2.75) is 4.90 Å². The zero-order valence-corrected chi connectivity index (χ0v) is 9.72. The van der Waals surface area contributed by atoms with Gasteiger partial charge < -0.3 is 0 Å². The Hall–Kier alpha value is -1.06. The van der Waals surface area contributed by atoms with E-state index in [1.165, 1.54) is 4.90 Å². The first-order chi connectivity index (χ1) is 7.29. The zero-order valence-electron chi connectivity index (χ0n) is 8.14. The van der Waals surface area contributed by atoms with Crippen LogP contribution in [-0.4, -0.2) is 16.2 Å². The van der Waals surface area contributed by atoms with Crippen molar-refractivity contribution >= 4 is 23.4 Å². The highest BCUT2D eigenvalue weighted by molar-refractivity contribution is 7.98. The first kappa shape index (κ1) is 10.5. The molecule has 0 radical (unpaired) electrons. The van der Waals surface area contributed by atoms with E-state index in [1.54, 1.807) is 24.2 Å². The third-order valence-electron chi connectivity index (χ3n) is 2.01. The number of thioether (sulfide) groups is 1. The molecular weight excluding hydrogens is 228 g/mol. The van der Waals surface area contributed by atoms with Crippen molar-refractivity contribution in [2.24, 2.45) is 0 Å². The van der Waals surface area contributed by atoms with Gasteiger partial charge in [-0.3, -0.25) is 4.98 Å². The van der Waals surface area contributed by atoms with Crippen molar-refractivity contribution in [2.75, 3.05) is 6.26 Å². The minimum atomic E-state index is 0.416. The molecule has 0 spiro atoms. The normalized spacial score (nSPS) is 10.3. The van der Waals surface area contributed by atoms with Gasteiger partial charge >= 0.3 is 0 Å². The average molecular weight is 237 g/mol. The van der Waals surface area contributed by atoms with E-state index in [4.69, 9.17) is 11.6 Å². The molecule has 0 aliphatic rings. The summed E-state index contributed by atoms with van der Waals surface area (Å²) in [6.45, 7) is 0. The Bertz CT molecular complexity index is 439. The van der Waals surface area contributed by atoms with E-state index in [1.807, 2.05) is 12.1 Å². The van der Waals surface area contributed by atoms with Gasteiger partial charge in [0.1, 0.15) is 5.15 Å². The van der Waals surface area contributed by atoms with Crippen LogP contribution in [0.3, 0.4) is 0 Å². The van der Waals surface area contributed by atoms with Crippen LogP contribution in [0.2, 0.25) is 5.15 Å². The molecule has 0 amide bonds. The second kappa shape index (κ2) is 4.64. The van der Waals surface area contributed by atoms with Crippen LogP contribution >= 0.6 is 23.4 Å². The van der Waals surface area contributed by atoms with E-state index in [0.29, 0.717) is 5.15 Å². The summed E-state index contributed by atoms with van der Waals surface area (Å²) in [5, 5.41) is 0.416. The van der Waals surface area contributed by atoms with E-state index in [-0.39, 0.29) is 0 Å². The summed E-state index contributed by atoms with van der Waals surface area (Å²) in [5.74, 6) is 0. The van der Waals surface area contributed by atoms with E-state index in [2.05, 4.69) is 28.4 Å². The Morgan fingerprint density at radius 3 is 2.33 bits per heavy atom. The molecule has 4 heteroatoms. The maximum Gasteiger partial charge on any atom is 0.147 e. The Morgan fingerprint density at radius 2 is 1.80 bits per heavy atom. The maximum atomic E-state index is 5.67. The SMILES string of the molecule is CSc1ccc(-c2cnc(Cl)cn2)cc1. The van der Waals surface area contributed by atoms with Crippen LogP contribution in [0.15, 0.2) is 41.6 Å². The van der Waals surface area contributed by atoms with Gasteiger partial charge in [-0.15, -0.1) is 11.8 Å². The van der Waals surface area contributed by atoms with Gasteiger partial charge in [0, 0.05) is 10.5 Å². The molecule has 76 valence electrons. The number of benzene rings is 1. The lowest BCUT2D eigenvalue weighted by Crippen LogP contribution is -1.85. The van der Waals surface area contributed by atoms with Gasteiger partial charge in [-0.2, -0.15) is 0 Å². The highest BCUT2D eigenvalue weighted by Crippen LogP contribution is 2.21. The van der Waals surface area contributed by atoms with Crippen LogP contribution < -0.4 is 0 Å². The van der Waals surface area contributed by atoms with E-state index >= 15 is 0 Å². The molecule has 2 nitrogen and oxygen atoms in total. The van der Waals surface area contributed by atoms with Crippen molar-refractivity contribution in [3.63, 3.8) is 0 Å². The predicted octanol–water partition coefficient (Wildman–Crippen LogP) is 3.52. The van der Waals surface area contributed by atoms with Crippen molar-refractivity contribution in [1.82, 2.24) is 9.97 Å². The van der Waals surface area contributed by atoms with Gasteiger partial charge in [0.2, 0.25) is 0 Å². The summed E-state index contributed by atoms with van der Waals surface area (Å²) >= 11 is 7.39. The predicted molar refractivity (Wildman–Crippen MR) is 64.3 cm³/mol. The fourth-order valence-corrected chi connectivity index (χ4v) is 1.73. The number of hydrogen-bond acceptors (Lipinski definition) is 3. The first-order valence-corrected chi connectivity index (χ1v) is 6.02. The summed E-state index contributed by atoms with van der Waals surface area (Å²) < 4.78 is 0. The standard InChI is InChI=1S/C11H9ClN2S/c1-15-9-4-2-8(3-5-9)10-6-14-11(12)7-13-10/h2-7H,1H3. The van der Waals surface area contributed by atoms with Gasteiger partial charge in [0.25, 0.3) is 0 Å². The van der Waals surface area contributed by atoms with Crippen molar-refractivity contribution in [1.29, 1.82) is 0 Å². The van der Waals surface area contributed by atoms with E-state index < -0.39 is 0 Å². The van der Waals surface area contributed by atoms with Crippen molar-refractivity contribution in [3.8, 4) is 11.3 Å². The summed E-state index contributed by atoms with van der Waals surface area (Å²) in [4.78, 5) is 9.44. The molecule has 0 fully saturated rings. The molecule has 0 unspecified atom stereocenters. The number of nitrogens with zero attached hydrogens (tertiary/aromatic N) is 2. The fraction of sp³-hybridized carbons (Fsp3) is 0.0909. The van der Waals surface area contributed by atoms with Gasteiger partial charge in [0.15, 0.2) is 0 Å². The monoisotopic (exact) mass is 236 g/mol. The highest BCUT2D eigenvalue weighted by atomic mass is 35.5. The van der Waals surface area contributed by atoms with Gasteiger partial charge in [-0.25, -0.2) is 4.98 Å². The molecule has 1 aromatic heterocycles. The third-order valence-corrected chi connectivity index (χ3v) is 2.94. The lowest BCUT2D eigenvalue weighted by molar-refractivity contribution is 1.20. The Labute approximate surface area is 97.7 Å². The smallest absolute Gasteiger partial charge is 0.147 e. The van der Waals surface area contributed by atoms with E-state index in [0.717, 1.165) is 11.3 Å².